The molecule has 1 aliphatic heterocycles. The van der Waals surface area contributed by atoms with Gasteiger partial charge in [-0.3, -0.25) is 9.59 Å². The van der Waals surface area contributed by atoms with Gasteiger partial charge in [-0.05, 0) is 56.3 Å². The largest absolute Gasteiger partial charge is 0.374 e. The SMILES string of the molecule is CN1CCCc2cc(C(CNC(=O)C(=O)Nc3ccc(F)cc3F)N(C)C)ccc21. The number of rotatable bonds is 5. The highest BCUT2D eigenvalue weighted by molar-refractivity contribution is 6.39. The Kier molecular flexibility index (Phi) is 6.66. The van der Waals surface area contributed by atoms with Crippen molar-refractivity contribution in [3.63, 3.8) is 0 Å². The maximum Gasteiger partial charge on any atom is 0.313 e. The summed E-state index contributed by atoms with van der Waals surface area (Å²) in [4.78, 5) is 28.5. The minimum atomic E-state index is -1.01. The van der Waals surface area contributed by atoms with Crippen LogP contribution in [0, 0.1) is 11.6 Å². The number of halogens is 2. The molecule has 0 saturated carbocycles. The molecule has 1 unspecified atom stereocenters. The van der Waals surface area contributed by atoms with Crippen molar-refractivity contribution in [2.75, 3.05) is 44.4 Å². The quantitative estimate of drug-likeness (QED) is 0.736. The normalized spacial score (nSPS) is 14.3. The molecule has 2 amide bonds. The summed E-state index contributed by atoms with van der Waals surface area (Å²) in [5, 5.41) is 4.77. The number of likely N-dealkylation sites (N-methyl/N-ethyl adjacent to an activating group) is 1. The lowest BCUT2D eigenvalue weighted by Crippen LogP contribution is -2.40. The van der Waals surface area contributed by atoms with Gasteiger partial charge in [0, 0.05) is 31.9 Å². The summed E-state index contributed by atoms with van der Waals surface area (Å²) in [5.41, 5.74) is 3.27. The second-order valence-electron chi connectivity index (χ2n) is 7.68. The molecule has 0 radical (unpaired) electrons. The summed E-state index contributed by atoms with van der Waals surface area (Å²) in [6.45, 7) is 1.24. The van der Waals surface area contributed by atoms with Gasteiger partial charge >= 0.3 is 11.8 Å². The molecular formula is C22H26F2N4O2. The summed E-state index contributed by atoms with van der Waals surface area (Å²) in [7, 11) is 5.87. The molecule has 8 heteroatoms. The van der Waals surface area contributed by atoms with Crippen LogP contribution in [0.3, 0.4) is 0 Å². The number of nitrogens with zero attached hydrogens (tertiary/aromatic N) is 2. The predicted octanol–water partition coefficient (Wildman–Crippen LogP) is 2.70. The van der Waals surface area contributed by atoms with Crippen molar-refractivity contribution < 1.29 is 18.4 Å². The number of anilines is 2. The van der Waals surface area contributed by atoms with E-state index in [-0.39, 0.29) is 18.3 Å². The van der Waals surface area contributed by atoms with Crippen molar-refractivity contribution in [1.29, 1.82) is 0 Å². The van der Waals surface area contributed by atoms with Crippen molar-refractivity contribution in [2.24, 2.45) is 0 Å². The number of hydrogen-bond acceptors (Lipinski definition) is 4. The lowest BCUT2D eigenvalue weighted by Gasteiger charge is -2.30. The fraction of sp³-hybridized carbons (Fsp3) is 0.364. The van der Waals surface area contributed by atoms with E-state index in [1.807, 2.05) is 25.1 Å². The van der Waals surface area contributed by atoms with Crippen LogP contribution in [0.25, 0.3) is 0 Å². The first-order valence-corrected chi connectivity index (χ1v) is 9.81. The highest BCUT2D eigenvalue weighted by atomic mass is 19.1. The summed E-state index contributed by atoms with van der Waals surface area (Å²) >= 11 is 0. The van der Waals surface area contributed by atoms with E-state index in [9.17, 15) is 18.4 Å². The lowest BCUT2D eigenvalue weighted by atomic mass is 9.96. The van der Waals surface area contributed by atoms with Gasteiger partial charge in [-0.15, -0.1) is 0 Å². The Hall–Kier alpha value is -3.00. The van der Waals surface area contributed by atoms with Crippen LogP contribution in [0.1, 0.15) is 23.6 Å². The van der Waals surface area contributed by atoms with Crippen LogP contribution < -0.4 is 15.5 Å². The standard InChI is InChI=1S/C22H26F2N4O2/c1-27(2)20(15-6-9-19-14(11-15)5-4-10-28(19)3)13-25-21(29)22(30)26-18-8-7-16(23)12-17(18)24/h6-9,11-12,20H,4-5,10,13H2,1-3H3,(H,25,29)(H,26,30). The van der Waals surface area contributed by atoms with Crippen LogP contribution >= 0.6 is 0 Å². The first-order valence-electron chi connectivity index (χ1n) is 9.81. The molecule has 6 nitrogen and oxygen atoms in total. The topological polar surface area (TPSA) is 64.7 Å². The number of aryl methyl sites for hydroxylation is 1. The molecule has 30 heavy (non-hydrogen) atoms. The zero-order valence-corrected chi connectivity index (χ0v) is 17.3. The predicted molar refractivity (Wildman–Crippen MR) is 112 cm³/mol. The summed E-state index contributed by atoms with van der Waals surface area (Å²) < 4.78 is 26.7. The van der Waals surface area contributed by atoms with Crippen molar-refractivity contribution in [3.05, 3.63) is 59.2 Å². The number of nitrogens with one attached hydrogen (secondary N) is 2. The highest BCUT2D eigenvalue weighted by Gasteiger charge is 2.22. The molecule has 0 saturated heterocycles. The molecule has 0 bridgehead atoms. The third-order valence-corrected chi connectivity index (χ3v) is 5.30. The minimum absolute atomic E-state index is 0.137. The first-order chi connectivity index (χ1) is 14.3. The van der Waals surface area contributed by atoms with Gasteiger partial charge < -0.3 is 20.4 Å². The number of fused-ring (bicyclic) bond motifs is 1. The van der Waals surface area contributed by atoms with E-state index in [1.54, 1.807) is 0 Å². The molecule has 2 aromatic rings. The van der Waals surface area contributed by atoms with Gasteiger partial charge in [-0.1, -0.05) is 12.1 Å². The lowest BCUT2D eigenvalue weighted by molar-refractivity contribution is -0.136. The monoisotopic (exact) mass is 416 g/mol. The fourth-order valence-corrected chi connectivity index (χ4v) is 3.65. The van der Waals surface area contributed by atoms with Crippen LogP contribution in [0.5, 0.6) is 0 Å². The molecule has 0 spiro atoms. The minimum Gasteiger partial charge on any atom is -0.374 e. The molecule has 3 rings (SSSR count). The number of amides is 2. The van der Waals surface area contributed by atoms with Crippen LogP contribution in [-0.4, -0.2) is 50.9 Å². The Morgan fingerprint density at radius 2 is 1.90 bits per heavy atom. The molecule has 0 aliphatic carbocycles. The second-order valence-corrected chi connectivity index (χ2v) is 7.68. The average molecular weight is 416 g/mol. The Balaban J connectivity index is 1.66. The third-order valence-electron chi connectivity index (χ3n) is 5.30. The number of carbonyl (C=O) groups is 2. The molecule has 2 aromatic carbocycles. The van der Waals surface area contributed by atoms with Gasteiger partial charge in [0.2, 0.25) is 0 Å². The number of benzene rings is 2. The van der Waals surface area contributed by atoms with Crippen LogP contribution in [0.4, 0.5) is 20.2 Å². The van der Waals surface area contributed by atoms with E-state index in [2.05, 4.69) is 34.7 Å². The molecule has 160 valence electrons. The van der Waals surface area contributed by atoms with Crippen molar-refractivity contribution >= 4 is 23.2 Å². The van der Waals surface area contributed by atoms with E-state index in [0.717, 1.165) is 37.1 Å². The Morgan fingerprint density at radius 3 is 2.60 bits per heavy atom. The fourth-order valence-electron chi connectivity index (χ4n) is 3.65. The van der Waals surface area contributed by atoms with Crippen LogP contribution in [0.15, 0.2) is 36.4 Å². The Bertz CT molecular complexity index is 949. The highest BCUT2D eigenvalue weighted by Crippen LogP contribution is 2.29. The van der Waals surface area contributed by atoms with Gasteiger partial charge in [0.15, 0.2) is 0 Å². The Labute approximate surface area is 174 Å². The third kappa shape index (κ3) is 4.94. The number of hydrogen-bond donors (Lipinski definition) is 2. The van der Waals surface area contributed by atoms with E-state index in [0.29, 0.717) is 6.07 Å². The zero-order chi connectivity index (χ0) is 21.8. The van der Waals surface area contributed by atoms with E-state index >= 15 is 0 Å². The van der Waals surface area contributed by atoms with Gasteiger partial charge in [-0.25, -0.2) is 8.78 Å². The summed E-state index contributed by atoms with van der Waals surface area (Å²) in [6.07, 6.45) is 2.10. The molecule has 2 N–H and O–H groups in total. The maximum absolute atomic E-state index is 13.7. The van der Waals surface area contributed by atoms with Gasteiger partial charge in [0.1, 0.15) is 11.6 Å². The molecule has 1 heterocycles. The van der Waals surface area contributed by atoms with Crippen LogP contribution in [0.2, 0.25) is 0 Å². The van der Waals surface area contributed by atoms with Gasteiger partial charge in [0.05, 0.1) is 11.7 Å². The van der Waals surface area contributed by atoms with E-state index < -0.39 is 23.4 Å². The second kappa shape index (κ2) is 9.21. The van der Waals surface area contributed by atoms with Gasteiger partial charge in [0.25, 0.3) is 0 Å². The molecule has 1 aliphatic rings. The van der Waals surface area contributed by atoms with Crippen molar-refractivity contribution in [1.82, 2.24) is 10.2 Å². The molecular weight excluding hydrogens is 390 g/mol. The van der Waals surface area contributed by atoms with Gasteiger partial charge in [-0.2, -0.15) is 0 Å². The summed E-state index contributed by atoms with van der Waals surface area (Å²) in [5.74, 6) is -3.60. The maximum atomic E-state index is 13.7. The molecule has 0 aromatic heterocycles. The number of carbonyl (C=O) groups excluding carboxylic acids is 2. The molecule has 0 fully saturated rings. The first kappa shape index (κ1) is 21.7. The van der Waals surface area contributed by atoms with E-state index in [4.69, 9.17) is 0 Å². The zero-order valence-electron chi connectivity index (χ0n) is 17.3. The smallest absolute Gasteiger partial charge is 0.313 e. The Morgan fingerprint density at radius 1 is 1.13 bits per heavy atom. The summed E-state index contributed by atoms with van der Waals surface area (Å²) in [6, 6.07) is 8.85. The average Bonchev–Trinajstić information content (AvgIpc) is 2.70. The van der Waals surface area contributed by atoms with E-state index in [1.165, 1.54) is 11.3 Å². The van der Waals surface area contributed by atoms with Crippen molar-refractivity contribution in [3.8, 4) is 0 Å². The molecule has 1 atom stereocenters. The van der Waals surface area contributed by atoms with Crippen molar-refractivity contribution in [2.45, 2.75) is 18.9 Å². The van der Waals surface area contributed by atoms with Crippen LogP contribution in [-0.2, 0) is 16.0 Å².